The van der Waals surface area contributed by atoms with Crippen LogP contribution in [0, 0.1) is 5.82 Å². The van der Waals surface area contributed by atoms with Gasteiger partial charge in [0.1, 0.15) is 16.7 Å². The minimum Gasteiger partial charge on any atom is -0.428 e. The number of hydrogen-bond acceptors (Lipinski definition) is 2. The SMILES string of the molecule is C=CC(F)(F)Oc1cc(-c2c(Cl)n3n(c2=O)CCCC3)c(F)cc1Cl. The molecule has 0 atom stereocenters. The van der Waals surface area contributed by atoms with E-state index in [4.69, 9.17) is 23.2 Å². The summed E-state index contributed by atoms with van der Waals surface area (Å²) in [7, 11) is 0. The molecule has 1 aliphatic rings. The third-order valence-corrected chi connectivity index (χ3v) is 4.62. The van der Waals surface area contributed by atoms with Gasteiger partial charge in [0, 0.05) is 24.7 Å². The summed E-state index contributed by atoms with van der Waals surface area (Å²) in [5, 5.41) is -0.310. The number of alkyl halides is 2. The lowest BCUT2D eigenvalue weighted by Crippen LogP contribution is -2.27. The summed E-state index contributed by atoms with van der Waals surface area (Å²) in [6.07, 6.45) is -1.79. The summed E-state index contributed by atoms with van der Waals surface area (Å²) in [5.74, 6) is -1.34. The first-order valence-electron chi connectivity index (χ1n) is 7.44. The van der Waals surface area contributed by atoms with Crippen LogP contribution in [0.2, 0.25) is 10.2 Å². The van der Waals surface area contributed by atoms with Crippen LogP contribution in [0.5, 0.6) is 5.75 Å². The molecule has 0 radical (unpaired) electrons. The summed E-state index contributed by atoms with van der Waals surface area (Å²) in [4.78, 5) is 12.6. The Labute approximate surface area is 151 Å². The van der Waals surface area contributed by atoms with Crippen LogP contribution in [0.4, 0.5) is 13.2 Å². The van der Waals surface area contributed by atoms with E-state index in [-0.39, 0.29) is 27.4 Å². The van der Waals surface area contributed by atoms with Crippen molar-refractivity contribution in [2.45, 2.75) is 32.0 Å². The van der Waals surface area contributed by atoms with Gasteiger partial charge in [0.25, 0.3) is 5.56 Å². The minimum atomic E-state index is -3.70. The standard InChI is InChI=1S/C16H13Cl2F3N2O2/c1-2-16(20,21)25-12-7-9(11(19)8-10(12)17)13-14(18)22-5-3-4-6-23(22)15(13)24/h2,7-8H,1,3-6H2. The molecule has 0 aliphatic carbocycles. The summed E-state index contributed by atoms with van der Waals surface area (Å²) in [6, 6.07) is 1.76. The van der Waals surface area contributed by atoms with Gasteiger partial charge in [-0.15, -0.1) is 0 Å². The van der Waals surface area contributed by atoms with Gasteiger partial charge in [0.15, 0.2) is 0 Å². The Kier molecular flexibility index (Phi) is 4.64. The molecular formula is C16H13Cl2F3N2O2. The van der Waals surface area contributed by atoms with Crippen molar-refractivity contribution in [1.29, 1.82) is 0 Å². The number of ether oxygens (including phenoxy) is 1. The topological polar surface area (TPSA) is 36.2 Å². The molecule has 1 aliphatic heterocycles. The zero-order valence-electron chi connectivity index (χ0n) is 12.9. The van der Waals surface area contributed by atoms with Crippen molar-refractivity contribution in [3.63, 3.8) is 0 Å². The molecule has 1 aromatic carbocycles. The summed E-state index contributed by atoms with van der Waals surface area (Å²) < 4.78 is 48.6. The van der Waals surface area contributed by atoms with Gasteiger partial charge in [-0.25, -0.2) is 9.07 Å². The normalized spacial score (nSPS) is 14.3. The fourth-order valence-corrected chi connectivity index (χ4v) is 3.29. The molecule has 2 aromatic rings. The molecule has 9 heteroatoms. The number of rotatable bonds is 4. The number of hydrogen-bond donors (Lipinski definition) is 0. The Morgan fingerprint density at radius 3 is 2.44 bits per heavy atom. The molecule has 0 N–H and O–H groups in total. The molecule has 0 saturated carbocycles. The van der Waals surface area contributed by atoms with E-state index in [1.807, 2.05) is 0 Å². The van der Waals surface area contributed by atoms with E-state index in [1.165, 1.54) is 4.68 Å². The molecule has 25 heavy (non-hydrogen) atoms. The minimum absolute atomic E-state index is 0.0485. The Morgan fingerprint density at radius 1 is 1.20 bits per heavy atom. The van der Waals surface area contributed by atoms with Gasteiger partial charge in [-0.1, -0.05) is 29.8 Å². The average molecular weight is 393 g/mol. The van der Waals surface area contributed by atoms with E-state index in [9.17, 15) is 18.0 Å². The van der Waals surface area contributed by atoms with E-state index in [0.717, 1.165) is 25.0 Å². The van der Waals surface area contributed by atoms with Gasteiger partial charge in [-0.05, 0) is 25.0 Å². The molecular weight excluding hydrogens is 380 g/mol. The quantitative estimate of drug-likeness (QED) is 0.706. The lowest BCUT2D eigenvalue weighted by atomic mass is 10.1. The number of fused-ring (bicyclic) bond motifs is 1. The zero-order valence-corrected chi connectivity index (χ0v) is 14.4. The molecule has 1 aromatic heterocycles. The van der Waals surface area contributed by atoms with Crippen LogP contribution >= 0.6 is 23.2 Å². The van der Waals surface area contributed by atoms with Crippen LogP contribution in [-0.4, -0.2) is 15.5 Å². The molecule has 0 amide bonds. The molecule has 0 saturated heterocycles. The second kappa shape index (κ2) is 6.46. The lowest BCUT2D eigenvalue weighted by Gasteiger charge is -2.17. The Balaban J connectivity index is 2.17. The van der Waals surface area contributed by atoms with Crippen molar-refractivity contribution >= 4 is 23.2 Å². The van der Waals surface area contributed by atoms with Crippen molar-refractivity contribution in [1.82, 2.24) is 9.36 Å². The second-order valence-corrected chi connectivity index (χ2v) is 6.32. The van der Waals surface area contributed by atoms with Crippen molar-refractivity contribution in [3.8, 4) is 16.9 Å². The van der Waals surface area contributed by atoms with Crippen LogP contribution in [0.15, 0.2) is 29.6 Å². The van der Waals surface area contributed by atoms with Gasteiger partial charge in [-0.2, -0.15) is 8.78 Å². The van der Waals surface area contributed by atoms with E-state index in [1.54, 1.807) is 4.68 Å². The molecule has 0 fully saturated rings. The maximum absolute atomic E-state index is 14.4. The van der Waals surface area contributed by atoms with Crippen LogP contribution in [-0.2, 0) is 13.1 Å². The summed E-state index contributed by atoms with van der Waals surface area (Å²) in [5.41, 5.74) is -0.847. The fourth-order valence-electron chi connectivity index (χ4n) is 2.74. The third-order valence-electron chi connectivity index (χ3n) is 3.94. The highest BCUT2D eigenvalue weighted by Crippen LogP contribution is 2.37. The third kappa shape index (κ3) is 3.18. The van der Waals surface area contributed by atoms with E-state index in [2.05, 4.69) is 11.3 Å². The van der Waals surface area contributed by atoms with E-state index < -0.39 is 23.2 Å². The molecule has 0 bridgehead atoms. The first kappa shape index (κ1) is 17.9. The van der Waals surface area contributed by atoms with Crippen molar-refractivity contribution in [2.24, 2.45) is 0 Å². The van der Waals surface area contributed by atoms with Crippen molar-refractivity contribution in [2.75, 3.05) is 0 Å². The highest BCUT2D eigenvalue weighted by Gasteiger charge is 2.30. The Bertz CT molecular complexity index is 906. The van der Waals surface area contributed by atoms with Crippen LogP contribution in [0.1, 0.15) is 12.8 Å². The Hall–Kier alpha value is -1.86. The predicted octanol–water partition coefficient (Wildman–Crippen LogP) is 4.71. The van der Waals surface area contributed by atoms with Gasteiger partial charge in [-0.3, -0.25) is 9.48 Å². The summed E-state index contributed by atoms with van der Waals surface area (Å²) in [6.45, 7) is 3.92. The van der Waals surface area contributed by atoms with E-state index in [0.29, 0.717) is 13.1 Å². The first-order chi connectivity index (χ1) is 11.7. The first-order valence-corrected chi connectivity index (χ1v) is 8.19. The van der Waals surface area contributed by atoms with Crippen molar-refractivity contribution in [3.05, 3.63) is 51.1 Å². The number of benzene rings is 1. The molecule has 2 heterocycles. The van der Waals surface area contributed by atoms with Gasteiger partial charge >= 0.3 is 6.11 Å². The maximum atomic E-state index is 14.4. The Morgan fingerprint density at radius 2 is 1.84 bits per heavy atom. The zero-order chi connectivity index (χ0) is 18.4. The number of nitrogens with zero attached hydrogens (tertiary/aromatic N) is 2. The number of halogens is 5. The molecule has 3 rings (SSSR count). The van der Waals surface area contributed by atoms with Crippen molar-refractivity contribution < 1.29 is 17.9 Å². The molecule has 134 valence electrons. The molecule has 4 nitrogen and oxygen atoms in total. The van der Waals surface area contributed by atoms with E-state index >= 15 is 0 Å². The van der Waals surface area contributed by atoms with Gasteiger partial charge in [0.05, 0.1) is 10.6 Å². The molecule has 0 unspecified atom stereocenters. The van der Waals surface area contributed by atoms with Gasteiger partial charge in [0.2, 0.25) is 0 Å². The predicted molar refractivity (Wildman–Crippen MR) is 89.1 cm³/mol. The maximum Gasteiger partial charge on any atom is 0.419 e. The highest BCUT2D eigenvalue weighted by atomic mass is 35.5. The molecule has 0 spiro atoms. The number of aromatic nitrogens is 2. The average Bonchev–Trinajstić information content (AvgIpc) is 2.82. The fraction of sp³-hybridized carbons (Fsp3) is 0.312. The highest BCUT2D eigenvalue weighted by molar-refractivity contribution is 6.33. The lowest BCUT2D eigenvalue weighted by molar-refractivity contribution is -0.131. The van der Waals surface area contributed by atoms with Crippen LogP contribution in [0.25, 0.3) is 11.1 Å². The second-order valence-electron chi connectivity index (χ2n) is 5.55. The van der Waals surface area contributed by atoms with Gasteiger partial charge < -0.3 is 4.74 Å². The van der Waals surface area contributed by atoms with Crippen LogP contribution in [0.3, 0.4) is 0 Å². The monoisotopic (exact) mass is 392 g/mol. The summed E-state index contributed by atoms with van der Waals surface area (Å²) >= 11 is 12.0. The largest absolute Gasteiger partial charge is 0.428 e. The van der Waals surface area contributed by atoms with Crippen LogP contribution < -0.4 is 10.3 Å². The smallest absolute Gasteiger partial charge is 0.419 e.